The van der Waals surface area contributed by atoms with Crippen molar-refractivity contribution in [2.75, 3.05) is 19.0 Å². The second kappa shape index (κ2) is 9.21. The van der Waals surface area contributed by atoms with Crippen LogP contribution in [0.1, 0.15) is 34.2 Å². The van der Waals surface area contributed by atoms with Gasteiger partial charge in [-0.15, -0.1) is 5.10 Å². The van der Waals surface area contributed by atoms with Gasteiger partial charge in [-0.3, -0.25) is 4.79 Å². The summed E-state index contributed by atoms with van der Waals surface area (Å²) >= 11 is 0. The number of pyridine rings is 1. The highest BCUT2D eigenvalue weighted by Gasteiger charge is 2.43. The van der Waals surface area contributed by atoms with Gasteiger partial charge in [-0.25, -0.2) is 13.6 Å². The van der Waals surface area contributed by atoms with E-state index in [1.54, 1.807) is 28.6 Å². The summed E-state index contributed by atoms with van der Waals surface area (Å²) in [4.78, 5) is 17.5. The van der Waals surface area contributed by atoms with Gasteiger partial charge in [0.2, 0.25) is 11.7 Å². The molecule has 4 heterocycles. The van der Waals surface area contributed by atoms with E-state index in [2.05, 4.69) is 30.9 Å². The van der Waals surface area contributed by atoms with Crippen molar-refractivity contribution < 1.29 is 18.4 Å². The zero-order valence-corrected chi connectivity index (χ0v) is 20.1. The summed E-state index contributed by atoms with van der Waals surface area (Å²) in [6.45, 7) is 3.03. The molecule has 1 aliphatic carbocycles. The number of carbonyl (C=O) groups is 1. The second-order valence-corrected chi connectivity index (χ2v) is 8.96. The Morgan fingerprint density at radius 2 is 2.08 bits per heavy atom. The van der Waals surface area contributed by atoms with Gasteiger partial charge in [-0.1, -0.05) is 22.5 Å². The molecule has 1 fully saturated rings. The Morgan fingerprint density at radius 1 is 1.24 bits per heavy atom. The molecule has 0 aliphatic heterocycles. The Hall–Kier alpha value is -4.45. The predicted octanol–water partition coefficient (Wildman–Crippen LogP) is 3.68. The number of carbonyl (C=O) groups excluding carboxylic acids is 1. The molecule has 1 aliphatic rings. The average Bonchev–Trinajstić information content (AvgIpc) is 3.34. The van der Waals surface area contributed by atoms with E-state index in [4.69, 9.17) is 9.26 Å². The molecule has 0 radical (unpaired) electrons. The Morgan fingerprint density at radius 3 is 2.89 bits per heavy atom. The summed E-state index contributed by atoms with van der Waals surface area (Å²) in [5, 5.41) is 19.6. The SMILES string of the molecule is COCCn1cc(-c2ccc3c(C(=O)Nc4cc(-c5noc([C@H]6C[C@@H]6F)n5)ccc4C)cnn3c2)nn1. The number of aromatic nitrogens is 7. The zero-order valence-electron chi connectivity index (χ0n) is 20.1. The van der Waals surface area contributed by atoms with Crippen molar-refractivity contribution in [2.24, 2.45) is 0 Å². The van der Waals surface area contributed by atoms with Crippen LogP contribution in [0, 0.1) is 6.92 Å². The number of fused-ring (bicyclic) bond motifs is 1. The molecule has 0 bridgehead atoms. The Balaban J connectivity index is 1.22. The molecule has 5 aromatic rings. The van der Waals surface area contributed by atoms with Crippen molar-refractivity contribution in [3.63, 3.8) is 0 Å². The first-order valence-corrected chi connectivity index (χ1v) is 11.8. The van der Waals surface area contributed by atoms with Crippen LogP contribution in [0.5, 0.6) is 0 Å². The number of hydrogen-bond acceptors (Lipinski definition) is 8. The number of aryl methyl sites for hydroxylation is 1. The van der Waals surface area contributed by atoms with E-state index in [9.17, 15) is 9.18 Å². The zero-order chi connectivity index (χ0) is 25.5. The fourth-order valence-electron chi connectivity index (χ4n) is 4.04. The van der Waals surface area contributed by atoms with Crippen molar-refractivity contribution in [1.82, 2.24) is 34.7 Å². The van der Waals surface area contributed by atoms with Crippen LogP contribution in [0.2, 0.25) is 0 Å². The molecular formula is C25H23FN8O3. The third-order valence-corrected chi connectivity index (χ3v) is 6.34. The van der Waals surface area contributed by atoms with Gasteiger partial charge in [0.05, 0.1) is 42.5 Å². The average molecular weight is 503 g/mol. The summed E-state index contributed by atoms with van der Waals surface area (Å²) < 4.78 is 27.0. The molecule has 1 amide bonds. The molecule has 1 N–H and O–H groups in total. The minimum atomic E-state index is -0.919. The highest BCUT2D eigenvalue weighted by Crippen LogP contribution is 2.43. The van der Waals surface area contributed by atoms with E-state index in [1.807, 2.05) is 37.4 Å². The molecule has 0 unspecified atom stereocenters. The molecule has 12 heteroatoms. The monoisotopic (exact) mass is 502 g/mol. The van der Waals surface area contributed by atoms with Gasteiger partial charge in [0.25, 0.3) is 5.91 Å². The number of nitrogens with zero attached hydrogens (tertiary/aromatic N) is 7. The number of alkyl halides is 1. The maximum atomic E-state index is 13.3. The Kier molecular flexibility index (Phi) is 5.72. The van der Waals surface area contributed by atoms with Crippen LogP contribution in [0.4, 0.5) is 10.1 Å². The minimum absolute atomic E-state index is 0.303. The topological polar surface area (TPSA) is 125 Å². The number of rotatable bonds is 8. The molecule has 2 atom stereocenters. The lowest BCUT2D eigenvalue weighted by Crippen LogP contribution is -2.12. The number of amides is 1. The number of anilines is 1. The third-order valence-electron chi connectivity index (χ3n) is 6.34. The molecule has 0 spiro atoms. The summed E-state index contributed by atoms with van der Waals surface area (Å²) in [5.41, 5.74) is 4.71. The molecule has 37 heavy (non-hydrogen) atoms. The number of ether oxygens (including phenoxy) is 1. The normalized spacial score (nSPS) is 16.8. The van der Waals surface area contributed by atoms with Crippen molar-refractivity contribution in [3.8, 4) is 22.6 Å². The number of methoxy groups -OCH3 is 1. The standard InChI is InChI=1S/C25H23FN8O3/c1-14-3-4-15(23-29-25(37-31-23)17-10-19(17)26)9-20(14)28-24(35)18-11-27-34-12-16(5-6-22(18)34)21-13-33(32-30-21)7-8-36-2/h3-6,9,11-13,17,19H,7-8,10H2,1-2H3,(H,28,35)/t17-,19-/m0/s1. The lowest BCUT2D eigenvalue weighted by Gasteiger charge is -2.09. The maximum Gasteiger partial charge on any atom is 0.259 e. The second-order valence-electron chi connectivity index (χ2n) is 8.96. The molecule has 6 rings (SSSR count). The summed E-state index contributed by atoms with van der Waals surface area (Å²) in [6, 6.07) is 9.17. The third kappa shape index (κ3) is 4.47. The Labute approximate surface area is 210 Å². The first-order chi connectivity index (χ1) is 18.0. The van der Waals surface area contributed by atoms with Gasteiger partial charge in [0, 0.05) is 30.1 Å². The number of hydrogen-bond donors (Lipinski definition) is 1. The number of nitrogens with one attached hydrogen (secondary N) is 1. The van der Waals surface area contributed by atoms with Crippen molar-refractivity contribution in [3.05, 3.63) is 65.9 Å². The Bertz CT molecular complexity index is 1610. The van der Waals surface area contributed by atoms with Gasteiger partial charge in [0.15, 0.2) is 0 Å². The number of halogens is 1. The maximum absolute atomic E-state index is 13.3. The van der Waals surface area contributed by atoms with Crippen molar-refractivity contribution in [1.29, 1.82) is 0 Å². The van der Waals surface area contributed by atoms with Gasteiger partial charge in [-0.05, 0) is 37.1 Å². The molecule has 4 aromatic heterocycles. The van der Waals surface area contributed by atoms with E-state index < -0.39 is 6.17 Å². The van der Waals surface area contributed by atoms with Crippen LogP contribution < -0.4 is 5.32 Å². The van der Waals surface area contributed by atoms with E-state index >= 15 is 0 Å². The fourth-order valence-corrected chi connectivity index (χ4v) is 4.04. The van der Waals surface area contributed by atoms with Crippen molar-refractivity contribution in [2.45, 2.75) is 32.0 Å². The van der Waals surface area contributed by atoms with Crippen LogP contribution in [-0.2, 0) is 11.3 Å². The van der Waals surface area contributed by atoms with Crippen LogP contribution in [0.25, 0.3) is 28.2 Å². The lowest BCUT2D eigenvalue weighted by molar-refractivity contribution is 0.102. The summed E-state index contributed by atoms with van der Waals surface area (Å²) in [6.07, 6.45) is 4.65. The molecule has 1 saturated carbocycles. The minimum Gasteiger partial charge on any atom is -0.383 e. The van der Waals surface area contributed by atoms with E-state index in [0.717, 1.165) is 11.1 Å². The van der Waals surface area contributed by atoms with Gasteiger partial charge >= 0.3 is 0 Å². The quantitative estimate of drug-likeness (QED) is 0.341. The predicted molar refractivity (Wildman–Crippen MR) is 131 cm³/mol. The van der Waals surface area contributed by atoms with E-state index in [0.29, 0.717) is 59.3 Å². The molecular weight excluding hydrogens is 479 g/mol. The lowest BCUT2D eigenvalue weighted by atomic mass is 10.1. The fraction of sp³-hybridized carbons (Fsp3) is 0.280. The van der Waals surface area contributed by atoms with Crippen LogP contribution in [0.15, 0.2) is 53.4 Å². The molecule has 11 nitrogen and oxygen atoms in total. The first-order valence-electron chi connectivity index (χ1n) is 11.8. The highest BCUT2D eigenvalue weighted by molar-refractivity contribution is 6.09. The van der Waals surface area contributed by atoms with E-state index in [1.165, 1.54) is 6.20 Å². The van der Waals surface area contributed by atoms with Gasteiger partial charge < -0.3 is 14.6 Å². The van der Waals surface area contributed by atoms with E-state index in [-0.39, 0.29) is 11.8 Å². The van der Waals surface area contributed by atoms with Crippen LogP contribution in [0.3, 0.4) is 0 Å². The van der Waals surface area contributed by atoms with Crippen LogP contribution in [-0.4, -0.2) is 60.5 Å². The smallest absolute Gasteiger partial charge is 0.259 e. The van der Waals surface area contributed by atoms with Crippen LogP contribution >= 0.6 is 0 Å². The molecule has 1 aromatic carbocycles. The number of benzene rings is 1. The van der Waals surface area contributed by atoms with Crippen molar-refractivity contribution >= 4 is 17.1 Å². The first kappa shape index (κ1) is 23.0. The summed E-state index contributed by atoms with van der Waals surface area (Å²) in [7, 11) is 1.64. The summed E-state index contributed by atoms with van der Waals surface area (Å²) in [5.74, 6) is 0.0364. The molecule has 0 saturated heterocycles. The van der Waals surface area contributed by atoms with Gasteiger partial charge in [-0.2, -0.15) is 10.1 Å². The van der Waals surface area contributed by atoms with Gasteiger partial charge in [0.1, 0.15) is 11.9 Å². The largest absolute Gasteiger partial charge is 0.383 e. The highest BCUT2D eigenvalue weighted by atomic mass is 19.1. The molecule has 188 valence electrons.